The van der Waals surface area contributed by atoms with Crippen LogP contribution < -0.4 is 15.4 Å². The van der Waals surface area contributed by atoms with Crippen molar-refractivity contribution in [2.75, 3.05) is 31.6 Å². The van der Waals surface area contributed by atoms with Gasteiger partial charge in [0.15, 0.2) is 0 Å². The molecule has 0 aliphatic carbocycles. The lowest BCUT2D eigenvalue weighted by atomic mass is 10.1. The van der Waals surface area contributed by atoms with Crippen molar-refractivity contribution in [1.82, 2.24) is 10.2 Å². The molecule has 10 heteroatoms. The van der Waals surface area contributed by atoms with Crippen molar-refractivity contribution in [1.29, 1.82) is 0 Å². The highest BCUT2D eigenvalue weighted by molar-refractivity contribution is 7.15. The first-order valence-corrected chi connectivity index (χ1v) is 14.4. The van der Waals surface area contributed by atoms with E-state index in [9.17, 15) is 14.4 Å². The van der Waals surface area contributed by atoms with E-state index in [1.165, 1.54) is 11.3 Å². The van der Waals surface area contributed by atoms with E-state index >= 15 is 0 Å². The second-order valence-electron chi connectivity index (χ2n) is 10.8. The van der Waals surface area contributed by atoms with Gasteiger partial charge < -0.3 is 29.7 Å². The average molecular weight is 574 g/mol. The summed E-state index contributed by atoms with van der Waals surface area (Å²) in [4.78, 5) is 40.0. The minimum absolute atomic E-state index is 0.191. The number of rotatable bonds is 7. The molecule has 220 valence electrons. The molecule has 1 aliphatic heterocycles. The third-order valence-electron chi connectivity index (χ3n) is 5.16. The molecule has 0 unspecified atom stereocenters. The summed E-state index contributed by atoms with van der Waals surface area (Å²) < 4.78 is 16.2. The van der Waals surface area contributed by atoms with Gasteiger partial charge in [0.2, 0.25) is 0 Å². The molecule has 9 nitrogen and oxygen atoms in total. The Morgan fingerprint density at radius 1 is 0.925 bits per heavy atom. The molecule has 2 N–H and O–H groups in total. The quantitative estimate of drug-likeness (QED) is 0.347. The molecule has 40 heavy (non-hydrogen) atoms. The summed E-state index contributed by atoms with van der Waals surface area (Å²) in [5, 5.41) is 5.54. The Kier molecular flexibility index (Phi) is 12.0. The summed E-state index contributed by atoms with van der Waals surface area (Å²) in [7, 11) is 0. The first-order chi connectivity index (χ1) is 18.8. The lowest BCUT2D eigenvalue weighted by molar-refractivity contribution is 0.0270. The summed E-state index contributed by atoms with van der Waals surface area (Å²) in [6.45, 7) is 16.6. The third-order valence-corrected chi connectivity index (χ3v) is 6.32. The van der Waals surface area contributed by atoms with E-state index in [1.807, 2.05) is 52.8 Å². The maximum Gasteiger partial charge on any atom is 0.410 e. The summed E-state index contributed by atoms with van der Waals surface area (Å²) in [6.07, 6.45) is 1.92. The van der Waals surface area contributed by atoms with Crippen LogP contribution in [0.4, 0.5) is 15.3 Å². The minimum atomic E-state index is -0.547. The van der Waals surface area contributed by atoms with Gasteiger partial charge in [-0.15, -0.1) is 11.3 Å². The van der Waals surface area contributed by atoms with Crippen molar-refractivity contribution in [3.05, 3.63) is 52.2 Å². The zero-order chi connectivity index (χ0) is 29.9. The predicted octanol–water partition coefficient (Wildman–Crippen LogP) is 6.95. The van der Waals surface area contributed by atoms with Gasteiger partial charge in [0.1, 0.15) is 23.6 Å². The van der Waals surface area contributed by atoms with Crippen molar-refractivity contribution in [3.8, 4) is 5.75 Å². The molecule has 2 heterocycles. The second kappa shape index (κ2) is 14.7. The van der Waals surface area contributed by atoms with Crippen LogP contribution in [0.15, 0.2) is 42.5 Å². The molecule has 1 aromatic heterocycles. The fraction of sp³-hybridized carbons (Fsp3) is 0.500. The number of hydrogen-bond acceptors (Lipinski definition) is 7. The topological polar surface area (TPSA) is 106 Å². The van der Waals surface area contributed by atoms with Gasteiger partial charge >= 0.3 is 12.2 Å². The Morgan fingerprint density at radius 3 is 2.15 bits per heavy atom. The van der Waals surface area contributed by atoms with Crippen molar-refractivity contribution >= 4 is 40.7 Å². The molecular weight excluding hydrogens is 530 g/mol. The average Bonchev–Trinajstić information content (AvgIpc) is 3.37. The van der Waals surface area contributed by atoms with Gasteiger partial charge in [0.25, 0.3) is 5.91 Å². The van der Waals surface area contributed by atoms with E-state index in [4.69, 9.17) is 14.2 Å². The largest absolute Gasteiger partial charge is 0.492 e. The highest BCUT2D eigenvalue weighted by Crippen LogP contribution is 2.30. The van der Waals surface area contributed by atoms with E-state index in [0.717, 1.165) is 10.5 Å². The molecule has 2 aromatic rings. The number of carbonyl (C=O) groups excluding carboxylic acids is 3. The maximum atomic E-state index is 12.8. The van der Waals surface area contributed by atoms with Gasteiger partial charge in [-0.05, 0) is 89.9 Å². The summed E-state index contributed by atoms with van der Waals surface area (Å²) >= 11 is 1.42. The molecule has 1 aliphatic rings. The smallest absolute Gasteiger partial charge is 0.410 e. The summed E-state index contributed by atoms with van der Waals surface area (Å²) in [5.74, 6) is 0.431. The summed E-state index contributed by atoms with van der Waals surface area (Å²) in [6, 6.07) is 10.8. The van der Waals surface area contributed by atoms with Crippen LogP contribution in [0.1, 0.15) is 76.4 Å². The fourth-order valence-corrected chi connectivity index (χ4v) is 4.45. The van der Waals surface area contributed by atoms with Gasteiger partial charge in [-0.2, -0.15) is 0 Å². The van der Waals surface area contributed by atoms with Gasteiger partial charge in [0.05, 0.1) is 11.4 Å². The van der Waals surface area contributed by atoms with Crippen LogP contribution in [-0.4, -0.2) is 60.4 Å². The van der Waals surface area contributed by atoms with Crippen LogP contribution in [0.25, 0.3) is 5.57 Å². The number of nitrogens with zero attached hydrogens (tertiary/aromatic N) is 1. The van der Waals surface area contributed by atoms with E-state index in [1.54, 1.807) is 49.9 Å². The first kappa shape index (κ1) is 32.7. The second-order valence-corrected chi connectivity index (χ2v) is 11.9. The number of thiophene rings is 1. The van der Waals surface area contributed by atoms with Gasteiger partial charge in [-0.25, -0.2) is 9.59 Å². The number of carbonyl (C=O) groups is 3. The lowest BCUT2D eigenvalue weighted by Gasteiger charge is -2.29. The number of nitrogens with one attached hydrogen (secondary N) is 2. The van der Waals surface area contributed by atoms with Crippen LogP contribution >= 0.6 is 11.3 Å². The molecule has 0 saturated carbocycles. The van der Waals surface area contributed by atoms with E-state index < -0.39 is 17.3 Å². The highest BCUT2D eigenvalue weighted by Gasteiger charge is 2.24. The first-order valence-electron chi connectivity index (χ1n) is 13.6. The van der Waals surface area contributed by atoms with E-state index in [-0.39, 0.29) is 18.6 Å². The third kappa shape index (κ3) is 11.3. The van der Waals surface area contributed by atoms with Crippen molar-refractivity contribution < 1.29 is 28.6 Å². The number of amides is 3. The van der Waals surface area contributed by atoms with Gasteiger partial charge in [-0.3, -0.25) is 4.79 Å². The van der Waals surface area contributed by atoms with Crippen LogP contribution in [0, 0.1) is 0 Å². The Hall–Kier alpha value is -3.53. The lowest BCUT2D eigenvalue weighted by Crippen LogP contribution is -2.39. The molecule has 0 fully saturated rings. The van der Waals surface area contributed by atoms with Crippen LogP contribution in [0.5, 0.6) is 5.75 Å². The molecule has 0 radical (unpaired) electrons. The number of hydrogen-bond donors (Lipinski definition) is 2. The predicted molar refractivity (Wildman–Crippen MR) is 160 cm³/mol. The zero-order valence-corrected chi connectivity index (χ0v) is 25.7. The molecule has 0 saturated heterocycles. The Morgan fingerprint density at radius 2 is 1.57 bits per heavy atom. The van der Waals surface area contributed by atoms with Crippen molar-refractivity contribution in [2.24, 2.45) is 0 Å². The molecule has 3 rings (SSSR count). The molecule has 0 spiro atoms. The van der Waals surface area contributed by atoms with Crippen LogP contribution in [0.2, 0.25) is 0 Å². The molecule has 0 bridgehead atoms. The van der Waals surface area contributed by atoms with Gasteiger partial charge in [-0.1, -0.05) is 19.9 Å². The van der Waals surface area contributed by atoms with Crippen molar-refractivity contribution in [3.63, 3.8) is 0 Å². The number of anilines is 1. The van der Waals surface area contributed by atoms with Gasteiger partial charge in [0, 0.05) is 23.7 Å². The number of benzene rings is 1. The SMILES string of the molecule is CC.CC(C)(C)OC(=O)NCCOc1ccc(NC(=O)c2ccc(C3=CCN(C(=O)OC(C)(C)C)CC3)s2)cc1. The molecule has 3 amide bonds. The molecule has 0 atom stereocenters. The Balaban J connectivity index is 0.00000274. The zero-order valence-electron chi connectivity index (χ0n) is 24.9. The number of ether oxygens (including phenoxy) is 3. The Labute approximate surface area is 241 Å². The monoisotopic (exact) mass is 573 g/mol. The molecular formula is C30H43N3O6S. The minimum Gasteiger partial charge on any atom is -0.492 e. The van der Waals surface area contributed by atoms with Crippen molar-refractivity contribution in [2.45, 2.75) is 73.0 Å². The van der Waals surface area contributed by atoms with E-state index in [2.05, 4.69) is 10.6 Å². The Bertz CT molecular complexity index is 1160. The normalized spacial score (nSPS) is 13.3. The standard InChI is InChI=1S/C28H37N3O6S.C2H6/c1-27(2,3)36-25(33)29-15-18-35-21-9-7-20(8-10-21)30-24(32)23-12-11-22(38-23)19-13-16-31(17-14-19)26(34)37-28(4,5)6;1-2/h7-13H,14-18H2,1-6H3,(H,29,33)(H,30,32);1-2H3. The van der Waals surface area contributed by atoms with Crippen LogP contribution in [-0.2, 0) is 9.47 Å². The molecule has 1 aromatic carbocycles. The van der Waals surface area contributed by atoms with Crippen LogP contribution in [0.3, 0.4) is 0 Å². The fourth-order valence-electron chi connectivity index (χ4n) is 3.48. The maximum absolute atomic E-state index is 12.8. The van der Waals surface area contributed by atoms with E-state index in [0.29, 0.717) is 42.4 Å². The highest BCUT2D eigenvalue weighted by atomic mass is 32.1. The number of alkyl carbamates (subject to hydrolysis) is 1. The summed E-state index contributed by atoms with van der Waals surface area (Å²) in [5.41, 5.74) is 0.699.